The van der Waals surface area contributed by atoms with Crippen LogP contribution in [0, 0.1) is 0 Å². The fourth-order valence-electron chi connectivity index (χ4n) is 2.32. The van der Waals surface area contributed by atoms with Crippen LogP contribution < -0.4 is 5.32 Å². The van der Waals surface area contributed by atoms with E-state index in [2.05, 4.69) is 5.32 Å². The van der Waals surface area contributed by atoms with E-state index in [0.29, 0.717) is 19.6 Å². The van der Waals surface area contributed by atoms with Crippen molar-refractivity contribution in [1.82, 2.24) is 5.32 Å². The third-order valence-corrected chi connectivity index (χ3v) is 3.70. The predicted octanol–water partition coefficient (Wildman–Crippen LogP) is 3.36. The number of carbonyl (C=O) groups excluding carboxylic acids is 1. The SMILES string of the molecule is O=C(NC(CCCOCc1ccccc1)C(=O)O)OCc1ccccc1. The molecule has 2 aromatic carbocycles. The maximum Gasteiger partial charge on any atom is 0.408 e. The Morgan fingerprint density at radius 1 is 0.923 bits per heavy atom. The van der Waals surface area contributed by atoms with Gasteiger partial charge in [-0.15, -0.1) is 0 Å². The van der Waals surface area contributed by atoms with Crippen molar-refractivity contribution in [2.75, 3.05) is 6.61 Å². The van der Waals surface area contributed by atoms with E-state index in [0.717, 1.165) is 11.1 Å². The van der Waals surface area contributed by atoms with E-state index in [1.807, 2.05) is 60.7 Å². The van der Waals surface area contributed by atoms with Gasteiger partial charge < -0.3 is 19.9 Å². The van der Waals surface area contributed by atoms with Crippen molar-refractivity contribution in [3.8, 4) is 0 Å². The monoisotopic (exact) mass is 357 g/mol. The fourth-order valence-corrected chi connectivity index (χ4v) is 2.32. The van der Waals surface area contributed by atoms with Gasteiger partial charge in [-0.3, -0.25) is 0 Å². The average molecular weight is 357 g/mol. The molecule has 0 heterocycles. The summed E-state index contributed by atoms with van der Waals surface area (Å²) in [5.41, 5.74) is 1.90. The molecule has 0 spiro atoms. The number of aliphatic carboxylic acids is 1. The highest BCUT2D eigenvalue weighted by atomic mass is 16.5. The van der Waals surface area contributed by atoms with Gasteiger partial charge in [0, 0.05) is 6.61 Å². The van der Waals surface area contributed by atoms with Crippen molar-refractivity contribution in [2.24, 2.45) is 0 Å². The highest BCUT2D eigenvalue weighted by Crippen LogP contribution is 2.05. The van der Waals surface area contributed by atoms with Crippen LogP contribution in [0.25, 0.3) is 0 Å². The molecule has 0 bridgehead atoms. The molecule has 0 aliphatic rings. The molecule has 0 aliphatic carbocycles. The van der Waals surface area contributed by atoms with Crippen LogP contribution in [0.3, 0.4) is 0 Å². The molecule has 2 aromatic rings. The molecule has 1 amide bonds. The molecule has 0 fully saturated rings. The number of benzene rings is 2. The van der Waals surface area contributed by atoms with Gasteiger partial charge in [0.2, 0.25) is 0 Å². The number of hydrogen-bond acceptors (Lipinski definition) is 4. The second-order valence-corrected chi connectivity index (χ2v) is 5.78. The van der Waals surface area contributed by atoms with Crippen LogP contribution in [-0.4, -0.2) is 29.8 Å². The van der Waals surface area contributed by atoms with Crippen LogP contribution in [0.1, 0.15) is 24.0 Å². The molecule has 2 rings (SSSR count). The van der Waals surface area contributed by atoms with Gasteiger partial charge in [0.15, 0.2) is 0 Å². The molecule has 6 heteroatoms. The number of rotatable bonds is 10. The Morgan fingerprint density at radius 3 is 2.08 bits per heavy atom. The van der Waals surface area contributed by atoms with Crippen molar-refractivity contribution in [3.63, 3.8) is 0 Å². The summed E-state index contributed by atoms with van der Waals surface area (Å²) in [5, 5.41) is 11.6. The minimum Gasteiger partial charge on any atom is -0.480 e. The molecule has 2 N–H and O–H groups in total. The molecule has 0 aliphatic heterocycles. The second kappa shape index (κ2) is 10.9. The average Bonchev–Trinajstić information content (AvgIpc) is 2.66. The van der Waals surface area contributed by atoms with Crippen molar-refractivity contribution < 1.29 is 24.2 Å². The molecule has 0 aromatic heterocycles. The van der Waals surface area contributed by atoms with Gasteiger partial charge in [0.05, 0.1) is 6.61 Å². The van der Waals surface area contributed by atoms with Gasteiger partial charge in [0.25, 0.3) is 0 Å². The number of carboxylic acid groups (broad SMARTS) is 1. The smallest absolute Gasteiger partial charge is 0.408 e. The van der Waals surface area contributed by atoms with E-state index < -0.39 is 18.1 Å². The van der Waals surface area contributed by atoms with Crippen LogP contribution in [0.15, 0.2) is 60.7 Å². The van der Waals surface area contributed by atoms with E-state index in [4.69, 9.17) is 9.47 Å². The summed E-state index contributed by atoms with van der Waals surface area (Å²) < 4.78 is 10.6. The lowest BCUT2D eigenvalue weighted by molar-refractivity contribution is -0.139. The largest absolute Gasteiger partial charge is 0.480 e. The summed E-state index contributed by atoms with van der Waals surface area (Å²) in [7, 11) is 0. The molecule has 0 saturated heterocycles. The fraction of sp³-hybridized carbons (Fsp3) is 0.300. The Bertz CT molecular complexity index is 675. The second-order valence-electron chi connectivity index (χ2n) is 5.78. The minimum absolute atomic E-state index is 0.0964. The summed E-state index contributed by atoms with van der Waals surface area (Å²) in [5.74, 6) is -1.09. The van der Waals surface area contributed by atoms with Crippen LogP contribution >= 0.6 is 0 Å². The molecule has 26 heavy (non-hydrogen) atoms. The summed E-state index contributed by atoms with van der Waals surface area (Å²) >= 11 is 0. The number of carbonyl (C=O) groups is 2. The van der Waals surface area contributed by atoms with Crippen molar-refractivity contribution >= 4 is 12.1 Å². The number of nitrogens with one attached hydrogen (secondary N) is 1. The molecule has 1 unspecified atom stereocenters. The first-order valence-electron chi connectivity index (χ1n) is 8.47. The zero-order valence-electron chi connectivity index (χ0n) is 14.5. The minimum atomic E-state index is -1.09. The maximum absolute atomic E-state index is 11.8. The molecule has 1 atom stereocenters. The van der Waals surface area contributed by atoms with Crippen LogP contribution in [0.2, 0.25) is 0 Å². The van der Waals surface area contributed by atoms with Gasteiger partial charge in [-0.05, 0) is 24.0 Å². The van der Waals surface area contributed by atoms with E-state index >= 15 is 0 Å². The molecule has 0 radical (unpaired) electrons. The molecule has 0 saturated carbocycles. The first-order valence-corrected chi connectivity index (χ1v) is 8.47. The van der Waals surface area contributed by atoms with Crippen LogP contribution in [0.5, 0.6) is 0 Å². The normalized spacial score (nSPS) is 11.5. The van der Waals surface area contributed by atoms with Crippen LogP contribution in [0.4, 0.5) is 4.79 Å². The van der Waals surface area contributed by atoms with E-state index in [-0.39, 0.29) is 13.0 Å². The molecular weight excluding hydrogens is 334 g/mol. The Labute approximate surface area is 152 Å². The van der Waals surface area contributed by atoms with Gasteiger partial charge in [-0.1, -0.05) is 60.7 Å². The standard InChI is InChI=1S/C20H23NO5/c22-19(23)18(12-7-13-25-14-16-8-3-1-4-9-16)21-20(24)26-15-17-10-5-2-6-11-17/h1-6,8-11,18H,7,12-15H2,(H,21,24)(H,22,23). The topological polar surface area (TPSA) is 84.9 Å². The van der Waals surface area contributed by atoms with Crippen molar-refractivity contribution in [1.29, 1.82) is 0 Å². The summed E-state index contributed by atoms with van der Waals surface area (Å²) in [6.07, 6.45) is 0.0410. The molecular formula is C20H23NO5. The first kappa shape index (κ1) is 19.5. The van der Waals surface area contributed by atoms with E-state index in [1.165, 1.54) is 0 Å². The van der Waals surface area contributed by atoms with Gasteiger partial charge in [-0.2, -0.15) is 0 Å². The lowest BCUT2D eigenvalue weighted by atomic mass is 10.1. The van der Waals surface area contributed by atoms with E-state index in [9.17, 15) is 14.7 Å². The Hall–Kier alpha value is -2.86. The maximum atomic E-state index is 11.8. The Balaban J connectivity index is 1.65. The summed E-state index contributed by atoms with van der Waals surface area (Å²) in [6, 6.07) is 17.9. The number of ether oxygens (including phenoxy) is 2. The third-order valence-electron chi connectivity index (χ3n) is 3.70. The summed E-state index contributed by atoms with van der Waals surface area (Å²) in [4.78, 5) is 23.1. The zero-order chi connectivity index (χ0) is 18.6. The number of alkyl carbamates (subject to hydrolysis) is 1. The number of carboxylic acids is 1. The lowest BCUT2D eigenvalue weighted by Crippen LogP contribution is -2.41. The Morgan fingerprint density at radius 2 is 1.50 bits per heavy atom. The van der Waals surface area contributed by atoms with Gasteiger partial charge >= 0.3 is 12.1 Å². The number of amides is 1. The van der Waals surface area contributed by atoms with E-state index in [1.54, 1.807) is 0 Å². The van der Waals surface area contributed by atoms with Gasteiger partial charge in [0.1, 0.15) is 12.6 Å². The van der Waals surface area contributed by atoms with Crippen molar-refractivity contribution in [2.45, 2.75) is 32.1 Å². The lowest BCUT2D eigenvalue weighted by Gasteiger charge is -2.14. The summed E-state index contributed by atoms with van der Waals surface area (Å²) in [6.45, 7) is 0.990. The van der Waals surface area contributed by atoms with Crippen molar-refractivity contribution in [3.05, 3.63) is 71.8 Å². The molecule has 6 nitrogen and oxygen atoms in total. The third kappa shape index (κ3) is 7.36. The predicted molar refractivity (Wildman–Crippen MR) is 96.5 cm³/mol. The first-order chi connectivity index (χ1) is 12.6. The highest BCUT2D eigenvalue weighted by Gasteiger charge is 2.20. The number of hydrogen-bond donors (Lipinski definition) is 2. The highest BCUT2D eigenvalue weighted by molar-refractivity contribution is 5.79. The van der Waals surface area contributed by atoms with Gasteiger partial charge in [-0.25, -0.2) is 9.59 Å². The Kier molecular flexibility index (Phi) is 8.15. The zero-order valence-corrected chi connectivity index (χ0v) is 14.5. The van der Waals surface area contributed by atoms with Crippen LogP contribution in [-0.2, 0) is 27.5 Å². The quantitative estimate of drug-likeness (QED) is 0.637. The molecule has 138 valence electrons.